The maximum Gasteiger partial charge on any atom is 0.338 e. The molecule has 1 aromatic carbocycles. The van der Waals surface area contributed by atoms with Gasteiger partial charge < -0.3 is 14.6 Å². The van der Waals surface area contributed by atoms with Crippen LogP contribution >= 0.6 is 0 Å². The predicted molar refractivity (Wildman–Crippen MR) is 76.2 cm³/mol. The van der Waals surface area contributed by atoms with E-state index >= 15 is 0 Å². The first-order chi connectivity index (χ1) is 9.70. The highest BCUT2D eigenvalue weighted by Gasteiger charge is 2.18. The van der Waals surface area contributed by atoms with Gasteiger partial charge >= 0.3 is 5.97 Å². The SMILES string of the molecule is COc1cc(C(=O)OC2CCCCCCC2)ccc1O. The smallest absolute Gasteiger partial charge is 0.338 e. The van der Waals surface area contributed by atoms with Crippen molar-refractivity contribution in [1.82, 2.24) is 0 Å². The molecule has 0 atom stereocenters. The summed E-state index contributed by atoms with van der Waals surface area (Å²) in [7, 11) is 1.46. The molecule has 20 heavy (non-hydrogen) atoms. The molecule has 1 aromatic rings. The summed E-state index contributed by atoms with van der Waals surface area (Å²) in [4.78, 5) is 12.1. The molecule has 4 nitrogen and oxygen atoms in total. The van der Waals surface area contributed by atoms with Crippen molar-refractivity contribution in [2.75, 3.05) is 7.11 Å². The van der Waals surface area contributed by atoms with Crippen LogP contribution in [0.2, 0.25) is 0 Å². The molecule has 0 radical (unpaired) electrons. The van der Waals surface area contributed by atoms with Crippen molar-refractivity contribution in [2.45, 2.75) is 51.0 Å². The molecule has 1 aliphatic rings. The maximum absolute atomic E-state index is 12.1. The summed E-state index contributed by atoms with van der Waals surface area (Å²) in [5.74, 6) is -0.0269. The zero-order valence-corrected chi connectivity index (χ0v) is 11.9. The van der Waals surface area contributed by atoms with Crippen molar-refractivity contribution in [3.8, 4) is 11.5 Å². The summed E-state index contributed by atoms with van der Waals surface area (Å²) in [5, 5.41) is 9.53. The molecule has 0 saturated heterocycles. The molecule has 1 saturated carbocycles. The van der Waals surface area contributed by atoms with Crippen molar-refractivity contribution in [3.05, 3.63) is 23.8 Å². The molecule has 0 amide bonds. The Balaban J connectivity index is 1.99. The van der Waals surface area contributed by atoms with Gasteiger partial charge in [-0.3, -0.25) is 0 Å². The third-order valence-electron chi connectivity index (χ3n) is 3.74. The van der Waals surface area contributed by atoms with Gasteiger partial charge in [-0.15, -0.1) is 0 Å². The average molecular weight is 278 g/mol. The second kappa shape index (κ2) is 7.17. The number of phenols is 1. The van der Waals surface area contributed by atoms with Crippen molar-refractivity contribution in [2.24, 2.45) is 0 Å². The largest absolute Gasteiger partial charge is 0.504 e. The number of methoxy groups -OCH3 is 1. The van der Waals surface area contributed by atoms with Gasteiger partial charge in [-0.1, -0.05) is 19.3 Å². The second-order valence-electron chi connectivity index (χ2n) is 5.26. The van der Waals surface area contributed by atoms with Crippen LogP contribution in [0.5, 0.6) is 11.5 Å². The first kappa shape index (κ1) is 14.7. The van der Waals surface area contributed by atoms with Crippen molar-refractivity contribution in [3.63, 3.8) is 0 Å². The Bertz CT molecular complexity index is 448. The van der Waals surface area contributed by atoms with Gasteiger partial charge in [0.1, 0.15) is 6.10 Å². The van der Waals surface area contributed by atoms with E-state index < -0.39 is 0 Å². The Morgan fingerprint density at radius 3 is 2.45 bits per heavy atom. The van der Waals surface area contributed by atoms with Crippen LogP contribution in [0.4, 0.5) is 0 Å². The number of ether oxygens (including phenoxy) is 2. The highest BCUT2D eigenvalue weighted by molar-refractivity contribution is 5.90. The molecule has 4 heteroatoms. The fraction of sp³-hybridized carbons (Fsp3) is 0.562. The van der Waals surface area contributed by atoms with Crippen LogP contribution in [0.1, 0.15) is 55.3 Å². The molecule has 1 N–H and O–H groups in total. The van der Waals surface area contributed by atoms with Gasteiger partial charge in [0, 0.05) is 0 Å². The standard InChI is InChI=1S/C16H22O4/c1-19-15-11-12(9-10-14(15)17)16(18)20-13-7-5-3-2-4-6-8-13/h9-11,13,17H,2-8H2,1H3. The lowest BCUT2D eigenvalue weighted by Crippen LogP contribution is -2.19. The predicted octanol–water partition coefficient (Wildman–Crippen LogP) is 3.67. The third kappa shape index (κ3) is 3.89. The summed E-state index contributed by atoms with van der Waals surface area (Å²) in [5.41, 5.74) is 0.418. The van der Waals surface area contributed by atoms with Gasteiger partial charge in [0.2, 0.25) is 0 Å². The van der Waals surface area contributed by atoms with Crippen LogP contribution in [-0.2, 0) is 4.74 Å². The lowest BCUT2D eigenvalue weighted by molar-refractivity contribution is 0.0239. The van der Waals surface area contributed by atoms with Gasteiger partial charge in [0.15, 0.2) is 11.5 Å². The molecular weight excluding hydrogens is 256 g/mol. The van der Waals surface area contributed by atoms with E-state index in [1.54, 1.807) is 6.07 Å². The number of esters is 1. The van der Waals surface area contributed by atoms with E-state index in [1.807, 2.05) is 0 Å². The van der Waals surface area contributed by atoms with Crippen LogP contribution in [0.25, 0.3) is 0 Å². The second-order valence-corrected chi connectivity index (χ2v) is 5.26. The quantitative estimate of drug-likeness (QED) is 0.857. The molecule has 0 heterocycles. The minimum atomic E-state index is -0.339. The number of carbonyl (C=O) groups is 1. The minimum absolute atomic E-state index is 0.0163. The van der Waals surface area contributed by atoms with Gasteiger partial charge in [0.05, 0.1) is 12.7 Å². The van der Waals surface area contributed by atoms with Crippen LogP contribution in [0.15, 0.2) is 18.2 Å². The summed E-state index contributed by atoms with van der Waals surface area (Å²) < 4.78 is 10.6. The summed E-state index contributed by atoms with van der Waals surface area (Å²) in [6, 6.07) is 4.53. The molecule has 110 valence electrons. The van der Waals surface area contributed by atoms with Gasteiger partial charge in [-0.05, 0) is 43.9 Å². The molecule has 0 unspecified atom stereocenters. The van der Waals surface area contributed by atoms with Crippen molar-refractivity contribution in [1.29, 1.82) is 0 Å². The summed E-state index contributed by atoms with van der Waals surface area (Å²) in [6.07, 6.45) is 7.88. The normalized spacial score (nSPS) is 17.1. The number of hydrogen-bond acceptors (Lipinski definition) is 4. The number of rotatable bonds is 3. The fourth-order valence-electron chi connectivity index (χ4n) is 2.56. The van der Waals surface area contributed by atoms with E-state index in [0.717, 1.165) is 25.7 Å². The van der Waals surface area contributed by atoms with Gasteiger partial charge in [0.25, 0.3) is 0 Å². The molecule has 2 rings (SSSR count). The highest BCUT2D eigenvalue weighted by atomic mass is 16.5. The van der Waals surface area contributed by atoms with E-state index in [-0.39, 0.29) is 23.6 Å². The molecule has 1 fully saturated rings. The van der Waals surface area contributed by atoms with Gasteiger partial charge in [-0.25, -0.2) is 4.79 Å². The third-order valence-corrected chi connectivity index (χ3v) is 3.74. The molecule has 0 bridgehead atoms. The molecule has 0 aliphatic heterocycles. The van der Waals surface area contributed by atoms with E-state index in [1.165, 1.54) is 38.5 Å². The fourth-order valence-corrected chi connectivity index (χ4v) is 2.56. The minimum Gasteiger partial charge on any atom is -0.504 e. The van der Waals surface area contributed by atoms with Crippen LogP contribution < -0.4 is 4.74 Å². The lowest BCUT2D eigenvalue weighted by atomic mass is 9.98. The van der Waals surface area contributed by atoms with E-state index in [4.69, 9.17) is 9.47 Å². The highest BCUT2D eigenvalue weighted by Crippen LogP contribution is 2.27. The van der Waals surface area contributed by atoms with Crippen molar-refractivity contribution < 1.29 is 19.4 Å². The zero-order chi connectivity index (χ0) is 14.4. The number of carbonyl (C=O) groups excluding carboxylic acids is 1. The van der Waals surface area contributed by atoms with E-state index in [0.29, 0.717) is 5.56 Å². The average Bonchev–Trinajstić information content (AvgIpc) is 2.42. The van der Waals surface area contributed by atoms with E-state index in [9.17, 15) is 9.90 Å². The number of aromatic hydroxyl groups is 1. The Kier molecular flexibility index (Phi) is 5.27. The van der Waals surface area contributed by atoms with Crippen LogP contribution in [0.3, 0.4) is 0 Å². The maximum atomic E-state index is 12.1. The first-order valence-electron chi connectivity index (χ1n) is 7.28. The Morgan fingerprint density at radius 2 is 1.80 bits per heavy atom. The molecule has 0 spiro atoms. The Hall–Kier alpha value is -1.71. The molecular formula is C16H22O4. The van der Waals surface area contributed by atoms with Crippen LogP contribution in [-0.4, -0.2) is 24.3 Å². The van der Waals surface area contributed by atoms with E-state index in [2.05, 4.69) is 0 Å². The van der Waals surface area contributed by atoms with Crippen molar-refractivity contribution >= 4 is 5.97 Å². The van der Waals surface area contributed by atoms with Gasteiger partial charge in [-0.2, -0.15) is 0 Å². The Morgan fingerprint density at radius 1 is 1.15 bits per heavy atom. The number of phenolic OH excluding ortho intramolecular Hbond substituents is 1. The monoisotopic (exact) mass is 278 g/mol. The molecule has 1 aliphatic carbocycles. The first-order valence-corrected chi connectivity index (χ1v) is 7.28. The topological polar surface area (TPSA) is 55.8 Å². The Labute approximate surface area is 119 Å². The summed E-state index contributed by atoms with van der Waals surface area (Å²) >= 11 is 0. The number of hydrogen-bond donors (Lipinski definition) is 1. The number of benzene rings is 1. The lowest BCUT2D eigenvalue weighted by Gasteiger charge is -2.20. The zero-order valence-electron chi connectivity index (χ0n) is 11.9. The summed E-state index contributed by atoms with van der Waals surface area (Å²) in [6.45, 7) is 0. The molecule has 0 aromatic heterocycles. The van der Waals surface area contributed by atoms with Crippen LogP contribution in [0, 0.1) is 0 Å².